The molecule has 1 fully saturated rings. The average Bonchev–Trinajstić information content (AvgIpc) is 2.88. The minimum absolute atomic E-state index is 0.0184. The molecule has 202 valence electrons. The van der Waals surface area contributed by atoms with Gasteiger partial charge < -0.3 is 10.2 Å². The molecule has 0 atom stereocenters. The van der Waals surface area contributed by atoms with Crippen molar-refractivity contribution in [1.29, 1.82) is 0 Å². The van der Waals surface area contributed by atoms with E-state index in [9.17, 15) is 18.0 Å². The molecule has 1 aliphatic heterocycles. The molecule has 4 rings (SSSR count). The number of nitrogens with zero attached hydrogens (tertiary/aromatic N) is 2. The number of alkyl halides is 3. The normalized spacial score (nSPS) is 15.3. The number of anilines is 1. The highest BCUT2D eigenvalue weighted by molar-refractivity contribution is 5.89. The molecule has 1 N–H and O–H groups in total. The Morgan fingerprint density at radius 3 is 2.13 bits per heavy atom. The van der Waals surface area contributed by atoms with Crippen molar-refractivity contribution in [3.8, 4) is 0 Å². The highest BCUT2D eigenvalue weighted by Gasteiger charge is 2.32. The third-order valence-corrected chi connectivity index (χ3v) is 7.12. The van der Waals surface area contributed by atoms with E-state index < -0.39 is 11.7 Å². The Hall–Kier alpha value is -3.32. The van der Waals surface area contributed by atoms with E-state index in [-0.39, 0.29) is 23.2 Å². The maximum atomic E-state index is 13.5. The standard InChI is InChI=1S/C31H36F3N3O/c1-30(2,3)25-14-12-24(13-15-25)22-37(29(38)35-27-11-7-10-26(20-27)31(32,33)34)28-16-18-36(19-17-28)21-23-8-5-4-6-9-23/h4-15,20,28H,16-19,21-22H2,1-3H3,(H,35,38). The first-order valence-corrected chi connectivity index (χ1v) is 13.1. The highest BCUT2D eigenvalue weighted by atomic mass is 19.4. The fourth-order valence-corrected chi connectivity index (χ4v) is 4.87. The molecule has 3 aromatic carbocycles. The average molecular weight is 524 g/mol. The third-order valence-electron chi connectivity index (χ3n) is 7.12. The highest BCUT2D eigenvalue weighted by Crippen LogP contribution is 2.31. The number of carbonyl (C=O) groups is 1. The van der Waals surface area contributed by atoms with Crippen LogP contribution in [0.5, 0.6) is 0 Å². The molecule has 0 bridgehead atoms. The molecule has 2 amide bonds. The van der Waals surface area contributed by atoms with E-state index in [0.717, 1.165) is 50.2 Å². The summed E-state index contributed by atoms with van der Waals surface area (Å²) < 4.78 is 39.7. The predicted octanol–water partition coefficient (Wildman–Crippen LogP) is 7.70. The van der Waals surface area contributed by atoms with Crippen LogP contribution in [0, 0.1) is 0 Å². The molecule has 38 heavy (non-hydrogen) atoms. The van der Waals surface area contributed by atoms with E-state index in [1.54, 1.807) is 4.90 Å². The molecule has 1 heterocycles. The predicted molar refractivity (Wildman–Crippen MR) is 146 cm³/mol. The van der Waals surface area contributed by atoms with Crippen molar-refractivity contribution in [2.75, 3.05) is 18.4 Å². The molecule has 3 aromatic rings. The summed E-state index contributed by atoms with van der Waals surface area (Å²) >= 11 is 0. The molecule has 4 nitrogen and oxygen atoms in total. The van der Waals surface area contributed by atoms with E-state index in [1.165, 1.54) is 23.3 Å². The van der Waals surface area contributed by atoms with Gasteiger partial charge in [-0.1, -0.05) is 81.4 Å². The second kappa shape index (κ2) is 11.6. The number of nitrogens with one attached hydrogen (secondary N) is 1. The van der Waals surface area contributed by atoms with Crippen LogP contribution < -0.4 is 5.32 Å². The van der Waals surface area contributed by atoms with Gasteiger partial charge in [-0.05, 0) is 53.1 Å². The lowest BCUT2D eigenvalue weighted by molar-refractivity contribution is -0.137. The Labute approximate surface area is 223 Å². The number of hydrogen-bond acceptors (Lipinski definition) is 2. The number of likely N-dealkylation sites (tertiary alicyclic amines) is 1. The molecule has 1 saturated heterocycles. The van der Waals surface area contributed by atoms with Crippen molar-refractivity contribution in [1.82, 2.24) is 9.80 Å². The van der Waals surface area contributed by atoms with Crippen molar-refractivity contribution in [3.05, 3.63) is 101 Å². The number of piperidine rings is 1. The van der Waals surface area contributed by atoms with Crippen molar-refractivity contribution in [3.63, 3.8) is 0 Å². The minimum Gasteiger partial charge on any atom is -0.317 e. The molecule has 0 aromatic heterocycles. The summed E-state index contributed by atoms with van der Waals surface area (Å²) in [6.45, 7) is 9.39. The number of hydrogen-bond donors (Lipinski definition) is 1. The molecule has 0 radical (unpaired) electrons. The van der Waals surface area contributed by atoms with Crippen LogP contribution in [0.2, 0.25) is 0 Å². The molecule has 0 unspecified atom stereocenters. The number of halogens is 3. The lowest BCUT2D eigenvalue weighted by Crippen LogP contribution is -2.48. The van der Waals surface area contributed by atoms with E-state index in [0.29, 0.717) is 6.54 Å². The summed E-state index contributed by atoms with van der Waals surface area (Å²) in [4.78, 5) is 17.7. The van der Waals surface area contributed by atoms with Crippen LogP contribution in [0.25, 0.3) is 0 Å². The zero-order chi connectivity index (χ0) is 27.3. The Morgan fingerprint density at radius 1 is 0.868 bits per heavy atom. The summed E-state index contributed by atoms with van der Waals surface area (Å²) in [6, 6.07) is 22.9. The van der Waals surface area contributed by atoms with Crippen LogP contribution in [0.4, 0.5) is 23.7 Å². The zero-order valence-electron chi connectivity index (χ0n) is 22.3. The van der Waals surface area contributed by atoms with Crippen LogP contribution in [0.3, 0.4) is 0 Å². The van der Waals surface area contributed by atoms with Gasteiger partial charge >= 0.3 is 12.2 Å². The van der Waals surface area contributed by atoms with E-state index >= 15 is 0 Å². The monoisotopic (exact) mass is 523 g/mol. The van der Waals surface area contributed by atoms with Crippen LogP contribution in [0.1, 0.15) is 55.9 Å². The van der Waals surface area contributed by atoms with Crippen molar-refractivity contribution in [2.45, 2.75) is 64.3 Å². The molecule has 0 saturated carbocycles. The molecule has 0 spiro atoms. The Balaban J connectivity index is 1.50. The minimum atomic E-state index is -4.47. The fraction of sp³-hybridized carbons (Fsp3) is 0.387. The number of amides is 2. The van der Waals surface area contributed by atoms with Gasteiger partial charge in [0.15, 0.2) is 0 Å². The topological polar surface area (TPSA) is 35.6 Å². The van der Waals surface area contributed by atoms with Crippen molar-refractivity contribution < 1.29 is 18.0 Å². The Morgan fingerprint density at radius 2 is 1.53 bits per heavy atom. The van der Waals surface area contributed by atoms with Gasteiger partial charge in [-0.15, -0.1) is 0 Å². The van der Waals surface area contributed by atoms with Gasteiger partial charge in [0.05, 0.1) is 5.56 Å². The first-order chi connectivity index (χ1) is 18.0. The van der Waals surface area contributed by atoms with Crippen LogP contribution in [-0.4, -0.2) is 35.0 Å². The molecular weight excluding hydrogens is 487 g/mol. The van der Waals surface area contributed by atoms with Gasteiger partial charge in [0, 0.05) is 37.9 Å². The van der Waals surface area contributed by atoms with Gasteiger partial charge in [-0.25, -0.2) is 4.79 Å². The lowest BCUT2D eigenvalue weighted by atomic mass is 9.86. The summed E-state index contributed by atoms with van der Waals surface area (Å²) in [5.74, 6) is 0. The van der Waals surface area contributed by atoms with E-state index in [1.807, 2.05) is 30.3 Å². The first kappa shape index (κ1) is 27.7. The number of carbonyl (C=O) groups excluding carboxylic acids is 1. The second-order valence-corrected chi connectivity index (χ2v) is 11.1. The second-order valence-electron chi connectivity index (χ2n) is 11.1. The van der Waals surface area contributed by atoms with Crippen molar-refractivity contribution in [2.24, 2.45) is 0 Å². The largest absolute Gasteiger partial charge is 0.416 e. The molecule has 0 aliphatic carbocycles. The lowest BCUT2D eigenvalue weighted by Gasteiger charge is -2.38. The maximum Gasteiger partial charge on any atom is 0.416 e. The zero-order valence-corrected chi connectivity index (χ0v) is 22.3. The summed E-state index contributed by atoms with van der Waals surface area (Å²) in [5.41, 5.74) is 2.82. The van der Waals surface area contributed by atoms with Gasteiger partial charge in [0.2, 0.25) is 0 Å². The maximum absolute atomic E-state index is 13.5. The van der Waals surface area contributed by atoms with Gasteiger partial charge in [0.1, 0.15) is 0 Å². The van der Waals surface area contributed by atoms with Crippen molar-refractivity contribution >= 4 is 11.7 Å². The first-order valence-electron chi connectivity index (χ1n) is 13.1. The smallest absolute Gasteiger partial charge is 0.317 e. The van der Waals surface area contributed by atoms with Crippen LogP contribution in [0.15, 0.2) is 78.9 Å². The number of urea groups is 1. The summed E-state index contributed by atoms with van der Waals surface area (Å²) in [7, 11) is 0. The Kier molecular flexibility index (Phi) is 8.46. The Bertz CT molecular complexity index is 1200. The van der Waals surface area contributed by atoms with Gasteiger partial charge in [-0.2, -0.15) is 13.2 Å². The molecule has 1 aliphatic rings. The SMILES string of the molecule is CC(C)(C)c1ccc(CN(C(=O)Nc2cccc(C(F)(F)F)c2)C2CCN(Cc3ccccc3)CC2)cc1. The summed E-state index contributed by atoms with van der Waals surface area (Å²) in [5, 5.41) is 2.73. The van der Waals surface area contributed by atoms with Gasteiger partial charge in [0.25, 0.3) is 0 Å². The van der Waals surface area contributed by atoms with Crippen LogP contribution in [-0.2, 0) is 24.7 Å². The molecule has 7 heteroatoms. The summed E-state index contributed by atoms with van der Waals surface area (Å²) in [6.07, 6.45) is -2.88. The van der Waals surface area contributed by atoms with E-state index in [2.05, 4.69) is 55.3 Å². The third kappa shape index (κ3) is 7.38. The number of rotatable bonds is 6. The fourth-order valence-electron chi connectivity index (χ4n) is 4.87. The quantitative estimate of drug-likeness (QED) is 0.359. The van der Waals surface area contributed by atoms with E-state index in [4.69, 9.17) is 0 Å². The van der Waals surface area contributed by atoms with Crippen LogP contribution >= 0.6 is 0 Å². The van der Waals surface area contributed by atoms with Gasteiger partial charge in [-0.3, -0.25) is 4.90 Å². The number of benzene rings is 3. The molecular formula is C31H36F3N3O.